The number of nitrogens with zero attached hydrogens (tertiary/aromatic N) is 1. The predicted octanol–water partition coefficient (Wildman–Crippen LogP) is 3.55. The van der Waals surface area contributed by atoms with E-state index in [1.54, 1.807) is 12.1 Å². The molecule has 19 heavy (non-hydrogen) atoms. The highest BCUT2D eigenvalue weighted by Crippen LogP contribution is 2.14. The monoisotopic (exact) mass is 254 g/mol. The quantitative estimate of drug-likeness (QED) is 0.905. The van der Waals surface area contributed by atoms with E-state index in [-0.39, 0.29) is 11.6 Å². The molecule has 2 rings (SSSR count). The Labute approximate surface area is 112 Å². The average molecular weight is 254 g/mol. The lowest BCUT2D eigenvalue weighted by Gasteiger charge is -2.14. The van der Waals surface area contributed by atoms with Gasteiger partial charge in [-0.2, -0.15) is 5.26 Å². The van der Waals surface area contributed by atoms with E-state index in [9.17, 15) is 4.39 Å². The molecular weight excluding hydrogens is 239 g/mol. The fourth-order valence-electron chi connectivity index (χ4n) is 1.90. The Balaban J connectivity index is 2.01. The van der Waals surface area contributed by atoms with Crippen molar-refractivity contribution < 1.29 is 4.39 Å². The summed E-state index contributed by atoms with van der Waals surface area (Å²) in [4.78, 5) is 0. The molecule has 0 radical (unpaired) electrons. The molecule has 0 aliphatic rings. The van der Waals surface area contributed by atoms with Gasteiger partial charge in [-0.05, 0) is 30.2 Å². The Hall–Kier alpha value is -2.18. The second kappa shape index (κ2) is 6.12. The Kier molecular flexibility index (Phi) is 4.27. The molecule has 0 aliphatic carbocycles. The fraction of sp³-hybridized carbons (Fsp3) is 0.188. The summed E-state index contributed by atoms with van der Waals surface area (Å²) in [7, 11) is 0. The molecule has 2 aromatic rings. The van der Waals surface area contributed by atoms with Gasteiger partial charge in [0.05, 0.1) is 5.56 Å². The summed E-state index contributed by atoms with van der Waals surface area (Å²) in [6.45, 7) is 2.68. The topological polar surface area (TPSA) is 35.8 Å². The molecule has 2 aromatic carbocycles. The van der Waals surface area contributed by atoms with E-state index in [1.807, 2.05) is 24.3 Å². The van der Waals surface area contributed by atoms with Gasteiger partial charge in [-0.15, -0.1) is 0 Å². The maximum atomic E-state index is 13.2. The number of hydrogen-bond donors (Lipinski definition) is 1. The van der Waals surface area contributed by atoms with Gasteiger partial charge >= 0.3 is 0 Å². The molecule has 96 valence electrons. The highest BCUT2D eigenvalue weighted by atomic mass is 19.1. The first-order valence-corrected chi connectivity index (χ1v) is 6.17. The maximum Gasteiger partial charge on any atom is 0.140 e. The van der Waals surface area contributed by atoms with E-state index in [2.05, 4.69) is 24.4 Å². The van der Waals surface area contributed by atoms with Crippen molar-refractivity contribution in [2.75, 3.05) is 0 Å². The minimum absolute atomic E-state index is 0.0895. The minimum Gasteiger partial charge on any atom is -0.306 e. The van der Waals surface area contributed by atoms with Crippen LogP contribution in [0.2, 0.25) is 0 Å². The van der Waals surface area contributed by atoms with E-state index in [0.717, 1.165) is 5.56 Å². The third kappa shape index (κ3) is 3.40. The zero-order valence-corrected chi connectivity index (χ0v) is 10.7. The molecule has 0 bridgehead atoms. The molecule has 0 aliphatic heterocycles. The van der Waals surface area contributed by atoms with Gasteiger partial charge in [0.25, 0.3) is 0 Å². The van der Waals surface area contributed by atoms with Crippen LogP contribution < -0.4 is 5.32 Å². The van der Waals surface area contributed by atoms with E-state index in [1.165, 1.54) is 11.6 Å². The van der Waals surface area contributed by atoms with Gasteiger partial charge in [-0.3, -0.25) is 0 Å². The molecule has 3 heteroatoms. The van der Waals surface area contributed by atoms with Crippen LogP contribution in [0, 0.1) is 17.1 Å². The number of rotatable bonds is 4. The molecule has 0 amide bonds. The van der Waals surface area contributed by atoms with Crippen LogP contribution in [-0.4, -0.2) is 0 Å². The van der Waals surface area contributed by atoms with Gasteiger partial charge in [0.15, 0.2) is 0 Å². The van der Waals surface area contributed by atoms with Crippen LogP contribution in [-0.2, 0) is 6.54 Å². The van der Waals surface area contributed by atoms with Crippen molar-refractivity contribution in [2.24, 2.45) is 0 Å². The Morgan fingerprint density at radius 1 is 1.21 bits per heavy atom. The first-order chi connectivity index (χ1) is 9.20. The molecule has 0 spiro atoms. The van der Waals surface area contributed by atoms with E-state index >= 15 is 0 Å². The largest absolute Gasteiger partial charge is 0.306 e. The molecule has 0 unspecified atom stereocenters. The number of benzene rings is 2. The first kappa shape index (κ1) is 13.3. The summed E-state index contributed by atoms with van der Waals surface area (Å²) >= 11 is 0. The average Bonchev–Trinajstić information content (AvgIpc) is 2.47. The van der Waals surface area contributed by atoms with Gasteiger partial charge in [0.2, 0.25) is 0 Å². The predicted molar refractivity (Wildman–Crippen MR) is 72.8 cm³/mol. The second-order valence-electron chi connectivity index (χ2n) is 4.44. The number of hydrogen-bond acceptors (Lipinski definition) is 2. The lowest BCUT2D eigenvalue weighted by molar-refractivity contribution is 0.572. The lowest BCUT2D eigenvalue weighted by atomic mass is 10.1. The van der Waals surface area contributed by atoms with Crippen molar-refractivity contribution in [3.63, 3.8) is 0 Å². The molecule has 1 atom stereocenters. The van der Waals surface area contributed by atoms with Crippen LogP contribution in [0.4, 0.5) is 4.39 Å². The molecule has 1 N–H and O–H groups in total. The third-order valence-corrected chi connectivity index (χ3v) is 3.06. The normalized spacial score (nSPS) is 11.8. The van der Waals surface area contributed by atoms with Gasteiger partial charge < -0.3 is 5.32 Å². The number of halogens is 1. The summed E-state index contributed by atoms with van der Waals surface area (Å²) in [5, 5.41) is 12.1. The van der Waals surface area contributed by atoms with E-state index in [0.29, 0.717) is 6.54 Å². The molecular formula is C16H15FN2. The highest BCUT2D eigenvalue weighted by Gasteiger charge is 2.06. The first-order valence-electron chi connectivity index (χ1n) is 6.17. The van der Waals surface area contributed by atoms with E-state index in [4.69, 9.17) is 5.26 Å². The maximum absolute atomic E-state index is 13.2. The number of nitriles is 1. The summed E-state index contributed by atoms with van der Waals surface area (Å²) in [5.41, 5.74) is 2.19. The van der Waals surface area contributed by atoms with Crippen molar-refractivity contribution in [3.05, 3.63) is 71.0 Å². The molecule has 0 fully saturated rings. The van der Waals surface area contributed by atoms with Gasteiger partial charge in [-0.1, -0.05) is 36.4 Å². The van der Waals surface area contributed by atoms with Crippen molar-refractivity contribution >= 4 is 0 Å². The fourth-order valence-corrected chi connectivity index (χ4v) is 1.90. The minimum atomic E-state index is -0.470. The Bertz CT molecular complexity index is 587. The summed E-state index contributed by atoms with van der Waals surface area (Å²) in [5.74, 6) is -0.470. The smallest absolute Gasteiger partial charge is 0.140 e. The van der Waals surface area contributed by atoms with Crippen molar-refractivity contribution in [1.29, 1.82) is 5.26 Å². The lowest BCUT2D eigenvalue weighted by Crippen LogP contribution is -2.18. The summed E-state index contributed by atoms with van der Waals surface area (Å²) in [6, 6.07) is 16.8. The van der Waals surface area contributed by atoms with Crippen LogP contribution in [0.15, 0.2) is 48.5 Å². The van der Waals surface area contributed by atoms with Crippen LogP contribution in [0.3, 0.4) is 0 Å². The standard InChI is InChI=1S/C16H15FN2/c1-12(14-5-3-2-4-6-14)19-11-13-7-8-16(17)15(9-13)10-18/h2-9,12,19H,11H2,1H3/t12-/m1/s1. The second-order valence-corrected chi connectivity index (χ2v) is 4.44. The number of nitrogens with one attached hydrogen (secondary N) is 1. The molecule has 0 saturated carbocycles. The molecule has 0 aromatic heterocycles. The van der Waals surface area contributed by atoms with Crippen molar-refractivity contribution in [3.8, 4) is 6.07 Å². The van der Waals surface area contributed by atoms with E-state index < -0.39 is 5.82 Å². The summed E-state index contributed by atoms with van der Waals surface area (Å²) in [6.07, 6.45) is 0. The van der Waals surface area contributed by atoms with Gasteiger partial charge in [-0.25, -0.2) is 4.39 Å². The molecule has 0 saturated heterocycles. The van der Waals surface area contributed by atoms with Crippen molar-refractivity contribution in [2.45, 2.75) is 19.5 Å². The zero-order valence-electron chi connectivity index (χ0n) is 10.7. The SMILES string of the molecule is C[C@@H](NCc1ccc(F)c(C#N)c1)c1ccccc1. The highest BCUT2D eigenvalue weighted by molar-refractivity contribution is 5.34. The van der Waals surface area contributed by atoms with Gasteiger partial charge in [0, 0.05) is 12.6 Å². The van der Waals surface area contributed by atoms with Crippen molar-refractivity contribution in [1.82, 2.24) is 5.32 Å². The Morgan fingerprint density at radius 2 is 1.95 bits per heavy atom. The molecule has 0 heterocycles. The van der Waals surface area contributed by atoms with Crippen LogP contribution >= 0.6 is 0 Å². The molecule has 2 nitrogen and oxygen atoms in total. The zero-order chi connectivity index (χ0) is 13.7. The summed E-state index contributed by atoms with van der Waals surface area (Å²) < 4.78 is 13.2. The van der Waals surface area contributed by atoms with Gasteiger partial charge in [0.1, 0.15) is 11.9 Å². The van der Waals surface area contributed by atoms with Crippen LogP contribution in [0.25, 0.3) is 0 Å². The van der Waals surface area contributed by atoms with Crippen LogP contribution in [0.1, 0.15) is 29.7 Å². The third-order valence-electron chi connectivity index (χ3n) is 3.06. The van der Waals surface area contributed by atoms with Crippen LogP contribution in [0.5, 0.6) is 0 Å². The Morgan fingerprint density at radius 3 is 2.63 bits per heavy atom.